The molecule has 0 spiro atoms. The Bertz CT molecular complexity index is 432. The van der Waals surface area contributed by atoms with Crippen molar-refractivity contribution in [1.82, 2.24) is 5.32 Å². The number of hydrogen-bond acceptors (Lipinski definition) is 3. The van der Waals surface area contributed by atoms with E-state index in [0.717, 1.165) is 6.42 Å². The van der Waals surface area contributed by atoms with Crippen molar-refractivity contribution in [3.8, 4) is 0 Å². The molecule has 1 rings (SSSR count). The molecule has 0 bridgehead atoms. The van der Waals surface area contributed by atoms with Gasteiger partial charge in [-0.25, -0.2) is 0 Å². The van der Waals surface area contributed by atoms with E-state index in [1.165, 1.54) is 0 Å². The molecule has 1 aromatic rings. The summed E-state index contributed by atoms with van der Waals surface area (Å²) in [7, 11) is 1.56. The van der Waals surface area contributed by atoms with E-state index in [4.69, 9.17) is 5.73 Å². The molecule has 0 aliphatic rings. The van der Waals surface area contributed by atoms with Crippen LogP contribution in [0, 0.1) is 0 Å². The first-order valence-electron chi connectivity index (χ1n) is 5.97. The van der Waals surface area contributed by atoms with Crippen LogP contribution >= 0.6 is 0 Å². The standard InChI is InChI=1S/C13H19N3O2/c1-3-5-11(14)13(18)16-10-7-4-6-9(8-10)12(17)15-2/h4,6-8,11H,3,5,14H2,1-2H3,(H,15,17)(H,16,18)/t11-/m1/s1. The van der Waals surface area contributed by atoms with Crippen LogP contribution < -0.4 is 16.4 Å². The SMILES string of the molecule is CCC[C@@H](N)C(=O)Nc1cccc(C(=O)NC)c1. The summed E-state index contributed by atoms with van der Waals surface area (Å²) < 4.78 is 0. The van der Waals surface area contributed by atoms with Gasteiger partial charge in [-0.1, -0.05) is 19.4 Å². The summed E-state index contributed by atoms with van der Waals surface area (Å²) in [5.74, 6) is -0.421. The second kappa shape index (κ2) is 6.76. The number of nitrogens with one attached hydrogen (secondary N) is 2. The third-order valence-electron chi connectivity index (χ3n) is 2.56. The van der Waals surface area contributed by atoms with Gasteiger partial charge < -0.3 is 16.4 Å². The van der Waals surface area contributed by atoms with Gasteiger partial charge in [-0.2, -0.15) is 0 Å². The summed E-state index contributed by atoms with van der Waals surface area (Å²) in [6.07, 6.45) is 1.49. The van der Waals surface area contributed by atoms with Crippen LogP contribution in [0.15, 0.2) is 24.3 Å². The van der Waals surface area contributed by atoms with Crippen molar-refractivity contribution >= 4 is 17.5 Å². The van der Waals surface area contributed by atoms with Crippen LogP contribution in [0.4, 0.5) is 5.69 Å². The minimum Gasteiger partial charge on any atom is -0.355 e. The Balaban J connectivity index is 2.73. The molecule has 0 saturated heterocycles. The molecule has 0 aliphatic heterocycles. The number of nitrogens with two attached hydrogens (primary N) is 1. The van der Waals surface area contributed by atoms with Gasteiger partial charge in [0.05, 0.1) is 6.04 Å². The molecule has 0 heterocycles. The Morgan fingerprint density at radius 1 is 1.39 bits per heavy atom. The van der Waals surface area contributed by atoms with Crippen LogP contribution in [0.1, 0.15) is 30.1 Å². The highest BCUT2D eigenvalue weighted by molar-refractivity contribution is 5.98. The van der Waals surface area contributed by atoms with Gasteiger partial charge in [0.25, 0.3) is 5.91 Å². The van der Waals surface area contributed by atoms with Crippen molar-refractivity contribution in [2.45, 2.75) is 25.8 Å². The third-order valence-corrected chi connectivity index (χ3v) is 2.56. The summed E-state index contributed by atoms with van der Waals surface area (Å²) >= 11 is 0. The summed E-state index contributed by atoms with van der Waals surface area (Å²) in [4.78, 5) is 23.2. The predicted octanol–water partition coefficient (Wildman–Crippen LogP) is 1.11. The van der Waals surface area contributed by atoms with Crippen LogP contribution in [0.3, 0.4) is 0 Å². The highest BCUT2D eigenvalue weighted by atomic mass is 16.2. The van der Waals surface area contributed by atoms with Crippen molar-refractivity contribution in [2.24, 2.45) is 5.73 Å². The monoisotopic (exact) mass is 249 g/mol. The average molecular weight is 249 g/mol. The van der Waals surface area contributed by atoms with E-state index in [0.29, 0.717) is 17.7 Å². The molecule has 0 aliphatic carbocycles. The molecule has 1 aromatic carbocycles. The molecule has 5 nitrogen and oxygen atoms in total. The largest absolute Gasteiger partial charge is 0.355 e. The topological polar surface area (TPSA) is 84.2 Å². The summed E-state index contributed by atoms with van der Waals surface area (Å²) in [5, 5.41) is 5.23. The molecule has 4 N–H and O–H groups in total. The second-order valence-electron chi connectivity index (χ2n) is 4.04. The van der Waals surface area contributed by atoms with E-state index in [1.54, 1.807) is 31.3 Å². The van der Waals surface area contributed by atoms with Crippen molar-refractivity contribution < 1.29 is 9.59 Å². The zero-order valence-corrected chi connectivity index (χ0v) is 10.7. The van der Waals surface area contributed by atoms with Crippen molar-refractivity contribution in [3.63, 3.8) is 0 Å². The Morgan fingerprint density at radius 2 is 2.11 bits per heavy atom. The molecule has 98 valence electrons. The first kappa shape index (κ1) is 14.2. The van der Waals surface area contributed by atoms with E-state index in [2.05, 4.69) is 10.6 Å². The molecule has 18 heavy (non-hydrogen) atoms. The quantitative estimate of drug-likeness (QED) is 0.731. The molecular weight excluding hydrogens is 230 g/mol. The van der Waals surface area contributed by atoms with E-state index in [9.17, 15) is 9.59 Å². The number of carbonyl (C=O) groups is 2. The maximum absolute atomic E-state index is 11.7. The Hall–Kier alpha value is -1.88. The number of amides is 2. The fraction of sp³-hybridized carbons (Fsp3) is 0.385. The van der Waals surface area contributed by atoms with Crippen molar-refractivity contribution in [2.75, 3.05) is 12.4 Å². The van der Waals surface area contributed by atoms with Gasteiger partial charge >= 0.3 is 0 Å². The molecule has 0 saturated carbocycles. The van der Waals surface area contributed by atoms with Crippen LogP contribution in [-0.4, -0.2) is 24.9 Å². The molecule has 0 fully saturated rings. The molecule has 2 amide bonds. The fourth-order valence-electron chi connectivity index (χ4n) is 1.56. The van der Waals surface area contributed by atoms with Crippen LogP contribution in [0.25, 0.3) is 0 Å². The van der Waals surface area contributed by atoms with Gasteiger partial charge in [0, 0.05) is 18.3 Å². The highest BCUT2D eigenvalue weighted by Gasteiger charge is 2.12. The number of benzene rings is 1. The molecule has 0 unspecified atom stereocenters. The number of hydrogen-bond donors (Lipinski definition) is 3. The lowest BCUT2D eigenvalue weighted by molar-refractivity contribution is -0.117. The lowest BCUT2D eigenvalue weighted by Gasteiger charge is -2.11. The summed E-state index contributed by atoms with van der Waals surface area (Å²) in [5.41, 5.74) is 6.78. The molecule has 0 radical (unpaired) electrons. The minimum absolute atomic E-state index is 0.191. The first-order chi connectivity index (χ1) is 8.58. The van der Waals surface area contributed by atoms with Crippen molar-refractivity contribution in [3.05, 3.63) is 29.8 Å². The van der Waals surface area contributed by atoms with Crippen molar-refractivity contribution in [1.29, 1.82) is 0 Å². The summed E-state index contributed by atoms with van der Waals surface area (Å²) in [6.45, 7) is 1.97. The van der Waals surface area contributed by atoms with Crippen LogP contribution in [0.5, 0.6) is 0 Å². The lowest BCUT2D eigenvalue weighted by atomic mass is 10.1. The number of carbonyl (C=O) groups excluding carboxylic acids is 2. The lowest BCUT2D eigenvalue weighted by Crippen LogP contribution is -2.35. The van der Waals surface area contributed by atoms with Gasteiger partial charge in [0.1, 0.15) is 0 Å². The predicted molar refractivity (Wildman–Crippen MR) is 71.3 cm³/mol. The van der Waals surface area contributed by atoms with E-state index < -0.39 is 6.04 Å². The minimum atomic E-state index is -0.515. The zero-order chi connectivity index (χ0) is 13.5. The Morgan fingerprint density at radius 3 is 2.72 bits per heavy atom. The Labute approximate surface area is 107 Å². The number of rotatable bonds is 5. The fourth-order valence-corrected chi connectivity index (χ4v) is 1.56. The van der Waals surface area contributed by atoms with E-state index >= 15 is 0 Å². The van der Waals surface area contributed by atoms with Gasteiger partial charge in [-0.3, -0.25) is 9.59 Å². The highest BCUT2D eigenvalue weighted by Crippen LogP contribution is 2.11. The van der Waals surface area contributed by atoms with Gasteiger partial charge in [-0.15, -0.1) is 0 Å². The van der Waals surface area contributed by atoms with E-state index in [-0.39, 0.29) is 11.8 Å². The number of anilines is 1. The third kappa shape index (κ3) is 3.85. The van der Waals surface area contributed by atoms with E-state index in [1.807, 2.05) is 6.92 Å². The normalized spacial score (nSPS) is 11.7. The van der Waals surface area contributed by atoms with Gasteiger partial charge in [-0.05, 0) is 24.6 Å². The maximum Gasteiger partial charge on any atom is 0.251 e. The van der Waals surface area contributed by atoms with Gasteiger partial charge in [0.2, 0.25) is 5.91 Å². The zero-order valence-electron chi connectivity index (χ0n) is 10.7. The smallest absolute Gasteiger partial charge is 0.251 e. The first-order valence-corrected chi connectivity index (χ1v) is 5.97. The second-order valence-corrected chi connectivity index (χ2v) is 4.04. The molecule has 1 atom stereocenters. The Kier molecular flexibility index (Phi) is 5.32. The maximum atomic E-state index is 11.7. The average Bonchev–Trinajstić information content (AvgIpc) is 2.38. The molecular formula is C13H19N3O2. The van der Waals surface area contributed by atoms with Crippen LogP contribution in [0.2, 0.25) is 0 Å². The molecule has 5 heteroatoms. The van der Waals surface area contributed by atoms with Gasteiger partial charge in [0.15, 0.2) is 0 Å². The van der Waals surface area contributed by atoms with Crippen LogP contribution in [-0.2, 0) is 4.79 Å². The summed E-state index contributed by atoms with van der Waals surface area (Å²) in [6, 6.07) is 6.23. The molecule has 0 aromatic heterocycles.